The minimum Gasteiger partial charge on any atom is -0.467 e. The first-order chi connectivity index (χ1) is 12.4. The molecule has 1 amide bonds. The van der Waals surface area contributed by atoms with Crippen molar-refractivity contribution in [3.8, 4) is 0 Å². The third kappa shape index (κ3) is 5.84. The molecule has 0 radical (unpaired) electrons. The molecule has 0 saturated heterocycles. The van der Waals surface area contributed by atoms with E-state index in [0.29, 0.717) is 5.56 Å². The number of amides is 1. The lowest BCUT2D eigenvalue weighted by Gasteiger charge is -2.31. The molecule has 27 heavy (non-hydrogen) atoms. The molecule has 7 heteroatoms. The summed E-state index contributed by atoms with van der Waals surface area (Å²) in [4.78, 5) is 39.6. The number of H-pyrrole nitrogens is 1. The van der Waals surface area contributed by atoms with E-state index in [1.165, 1.54) is 7.11 Å². The average molecular weight is 378 g/mol. The van der Waals surface area contributed by atoms with Crippen LogP contribution in [0, 0.1) is 5.41 Å². The molecule has 1 aromatic rings. The highest BCUT2D eigenvalue weighted by Crippen LogP contribution is 2.33. The van der Waals surface area contributed by atoms with E-state index in [1.54, 1.807) is 20.8 Å². The van der Waals surface area contributed by atoms with Crippen LogP contribution in [0.1, 0.15) is 57.9 Å². The van der Waals surface area contributed by atoms with Crippen molar-refractivity contribution < 1.29 is 19.1 Å². The van der Waals surface area contributed by atoms with Gasteiger partial charge in [0.1, 0.15) is 11.6 Å². The Kier molecular flexibility index (Phi) is 6.02. The Balaban J connectivity index is 2.23. The minimum atomic E-state index is -0.999. The molecule has 1 unspecified atom stereocenters. The van der Waals surface area contributed by atoms with Crippen LogP contribution in [0.3, 0.4) is 0 Å². The van der Waals surface area contributed by atoms with Crippen molar-refractivity contribution in [2.75, 3.05) is 7.11 Å². The number of nitrogens with one attached hydrogen (secondary N) is 2. The van der Waals surface area contributed by atoms with Gasteiger partial charge in [0, 0.05) is 17.7 Å². The fourth-order valence-electron chi connectivity index (χ4n) is 3.27. The number of carbonyl (C=O) groups excluding carboxylic acids is 2. The molecule has 0 spiro atoms. The second kappa shape index (κ2) is 7.74. The van der Waals surface area contributed by atoms with Crippen molar-refractivity contribution in [1.82, 2.24) is 10.3 Å². The van der Waals surface area contributed by atoms with Crippen LogP contribution < -0.4 is 10.9 Å². The van der Waals surface area contributed by atoms with Crippen LogP contribution in [0.5, 0.6) is 0 Å². The molecular weight excluding hydrogens is 348 g/mol. The molecule has 2 rings (SSSR count). The highest BCUT2D eigenvalue weighted by atomic mass is 16.6. The number of alkyl carbamates (subject to hydrolysis) is 1. The number of ether oxygens (including phenoxy) is 2. The fraction of sp³-hybridized carbons (Fsp3) is 0.650. The molecule has 1 aromatic heterocycles. The predicted molar refractivity (Wildman–Crippen MR) is 102 cm³/mol. The van der Waals surface area contributed by atoms with Gasteiger partial charge in [-0.15, -0.1) is 0 Å². The van der Waals surface area contributed by atoms with E-state index < -0.39 is 23.7 Å². The van der Waals surface area contributed by atoms with Crippen LogP contribution in [0.2, 0.25) is 0 Å². The number of pyridine rings is 1. The summed E-state index contributed by atoms with van der Waals surface area (Å²) in [6, 6.07) is 0.850. The van der Waals surface area contributed by atoms with Crippen molar-refractivity contribution >= 4 is 12.1 Å². The van der Waals surface area contributed by atoms with Gasteiger partial charge in [-0.05, 0) is 57.1 Å². The second-order valence-electron chi connectivity index (χ2n) is 8.89. The van der Waals surface area contributed by atoms with Crippen LogP contribution in [0.25, 0.3) is 0 Å². The van der Waals surface area contributed by atoms with Gasteiger partial charge in [0.05, 0.1) is 7.11 Å². The minimum absolute atomic E-state index is 0.0367. The lowest BCUT2D eigenvalue weighted by molar-refractivity contribution is -0.143. The SMILES string of the molecule is COC(=O)C(Cc1cc2c([nH]c1=O)CCC(C)(C)C2)NC(=O)OC(C)(C)C. The summed E-state index contributed by atoms with van der Waals surface area (Å²) in [6.45, 7) is 9.59. The van der Waals surface area contributed by atoms with Crippen LogP contribution in [-0.4, -0.2) is 35.8 Å². The molecule has 0 aliphatic heterocycles. The topological polar surface area (TPSA) is 97.5 Å². The maximum atomic E-state index is 12.5. The van der Waals surface area contributed by atoms with Gasteiger partial charge in [0.2, 0.25) is 0 Å². The molecule has 150 valence electrons. The molecule has 0 aromatic carbocycles. The monoisotopic (exact) mass is 378 g/mol. The number of methoxy groups -OCH3 is 1. The maximum Gasteiger partial charge on any atom is 0.408 e. The number of rotatable bonds is 4. The quantitative estimate of drug-likeness (QED) is 0.785. The van der Waals surface area contributed by atoms with E-state index in [9.17, 15) is 14.4 Å². The van der Waals surface area contributed by atoms with E-state index in [0.717, 1.165) is 30.5 Å². The highest BCUT2D eigenvalue weighted by Gasteiger charge is 2.29. The molecule has 7 nitrogen and oxygen atoms in total. The number of esters is 1. The van der Waals surface area contributed by atoms with E-state index in [4.69, 9.17) is 9.47 Å². The first-order valence-corrected chi connectivity index (χ1v) is 9.21. The Morgan fingerprint density at radius 3 is 2.59 bits per heavy atom. The summed E-state index contributed by atoms with van der Waals surface area (Å²) in [6.07, 6.45) is 2.01. The number of fused-ring (bicyclic) bond motifs is 1. The molecule has 1 aliphatic rings. The molecule has 1 aliphatic carbocycles. The number of aromatic nitrogens is 1. The zero-order valence-corrected chi connectivity index (χ0v) is 17.0. The zero-order chi connectivity index (χ0) is 20.4. The van der Waals surface area contributed by atoms with E-state index in [-0.39, 0.29) is 17.4 Å². The van der Waals surface area contributed by atoms with E-state index in [2.05, 4.69) is 24.1 Å². The van der Waals surface area contributed by atoms with Gasteiger partial charge in [-0.3, -0.25) is 4.79 Å². The summed E-state index contributed by atoms with van der Waals surface area (Å²) in [5, 5.41) is 2.51. The summed E-state index contributed by atoms with van der Waals surface area (Å²) >= 11 is 0. The van der Waals surface area contributed by atoms with Gasteiger partial charge in [0.25, 0.3) is 5.56 Å². The largest absolute Gasteiger partial charge is 0.467 e. The van der Waals surface area contributed by atoms with E-state index in [1.807, 2.05) is 6.07 Å². The first-order valence-electron chi connectivity index (χ1n) is 9.21. The summed E-state index contributed by atoms with van der Waals surface area (Å²) < 4.78 is 9.98. The Bertz CT molecular complexity index is 774. The predicted octanol–water partition coefficient (Wildman–Crippen LogP) is 2.50. The number of aryl methyl sites for hydroxylation is 1. The maximum absolute atomic E-state index is 12.5. The molecule has 0 bridgehead atoms. The van der Waals surface area contributed by atoms with Crippen molar-refractivity contribution in [2.45, 2.75) is 71.9 Å². The summed E-state index contributed by atoms with van der Waals surface area (Å²) in [7, 11) is 1.24. The van der Waals surface area contributed by atoms with Crippen LogP contribution >= 0.6 is 0 Å². The third-order valence-corrected chi connectivity index (χ3v) is 4.61. The smallest absolute Gasteiger partial charge is 0.408 e. The van der Waals surface area contributed by atoms with Crippen molar-refractivity contribution in [2.24, 2.45) is 5.41 Å². The van der Waals surface area contributed by atoms with Gasteiger partial charge < -0.3 is 19.8 Å². The van der Waals surface area contributed by atoms with Gasteiger partial charge in [0.15, 0.2) is 0 Å². The molecule has 1 heterocycles. The number of aromatic amines is 1. The Morgan fingerprint density at radius 2 is 2.00 bits per heavy atom. The molecule has 2 N–H and O–H groups in total. The first kappa shape index (κ1) is 21.0. The zero-order valence-electron chi connectivity index (χ0n) is 17.0. The lowest BCUT2D eigenvalue weighted by atomic mass is 9.75. The third-order valence-electron chi connectivity index (χ3n) is 4.61. The standard InChI is InChI=1S/C20H30N2O5/c1-19(2,3)27-18(25)22-15(17(24)26-6)10-12-9-13-11-20(4,5)8-7-14(13)21-16(12)23/h9,15H,7-8,10-11H2,1-6H3,(H,21,23)(H,22,25). The fourth-order valence-corrected chi connectivity index (χ4v) is 3.27. The second-order valence-corrected chi connectivity index (χ2v) is 8.89. The van der Waals surface area contributed by atoms with Crippen LogP contribution in [-0.2, 0) is 33.5 Å². The molecule has 1 atom stereocenters. The number of hydrogen-bond donors (Lipinski definition) is 2. The molecule has 0 saturated carbocycles. The van der Waals surface area contributed by atoms with E-state index >= 15 is 0 Å². The molecule has 0 fully saturated rings. The number of hydrogen-bond acceptors (Lipinski definition) is 5. The highest BCUT2D eigenvalue weighted by molar-refractivity contribution is 5.81. The number of carbonyl (C=O) groups is 2. The van der Waals surface area contributed by atoms with Crippen molar-refractivity contribution in [1.29, 1.82) is 0 Å². The van der Waals surface area contributed by atoms with Gasteiger partial charge >= 0.3 is 12.1 Å². The van der Waals surface area contributed by atoms with Crippen LogP contribution in [0.4, 0.5) is 4.79 Å². The summed E-state index contributed by atoms with van der Waals surface area (Å²) in [5.41, 5.74) is 1.71. The Hall–Kier alpha value is -2.31. The molecular formula is C20H30N2O5. The van der Waals surface area contributed by atoms with Gasteiger partial charge in [-0.25, -0.2) is 9.59 Å². The van der Waals surface area contributed by atoms with Crippen LogP contribution in [0.15, 0.2) is 10.9 Å². The van der Waals surface area contributed by atoms with Crippen molar-refractivity contribution in [3.63, 3.8) is 0 Å². The lowest BCUT2D eigenvalue weighted by Crippen LogP contribution is -2.46. The average Bonchev–Trinajstić information content (AvgIpc) is 2.52. The normalized spacial score (nSPS) is 16.8. The Morgan fingerprint density at radius 1 is 1.33 bits per heavy atom. The van der Waals surface area contributed by atoms with Gasteiger partial charge in [-0.1, -0.05) is 13.8 Å². The Labute approximate surface area is 159 Å². The van der Waals surface area contributed by atoms with Gasteiger partial charge in [-0.2, -0.15) is 0 Å². The van der Waals surface area contributed by atoms with Crippen molar-refractivity contribution in [3.05, 3.63) is 33.2 Å². The summed E-state index contributed by atoms with van der Waals surface area (Å²) in [5.74, 6) is -0.627.